The summed E-state index contributed by atoms with van der Waals surface area (Å²) in [5.41, 5.74) is 11.1. The number of anilines is 2. The zero-order valence-corrected chi connectivity index (χ0v) is 32.1. The third-order valence-electron chi connectivity index (χ3n) is 11.2. The Morgan fingerprint density at radius 1 is 0.811 bits per heavy atom. The van der Waals surface area contributed by atoms with Crippen molar-refractivity contribution in [2.24, 2.45) is 0 Å². The molecule has 1 atom stereocenters. The number of aryl methyl sites for hydroxylation is 2. The number of piperazine rings is 1. The van der Waals surface area contributed by atoms with Gasteiger partial charge in [0.15, 0.2) is 6.10 Å². The van der Waals surface area contributed by atoms with Crippen LogP contribution in [0.1, 0.15) is 68.7 Å². The summed E-state index contributed by atoms with van der Waals surface area (Å²) in [4.78, 5) is 63.2. The second-order valence-corrected chi connectivity index (χ2v) is 16.0. The fourth-order valence-electron chi connectivity index (χ4n) is 8.12. The van der Waals surface area contributed by atoms with Crippen molar-refractivity contribution >= 4 is 35.5 Å². The number of urea groups is 1. The number of nitrogen functional groups attached to an aromatic ring is 1. The van der Waals surface area contributed by atoms with E-state index < -0.39 is 17.8 Å². The van der Waals surface area contributed by atoms with Crippen LogP contribution in [0.3, 0.4) is 0 Å². The molecule has 53 heavy (non-hydrogen) atoms. The first-order chi connectivity index (χ1) is 25.3. The van der Waals surface area contributed by atoms with Gasteiger partial charge in [0.25, 0.3) is 5.91 Å². The van der Waals surface area contributed by atoms with Crippen LogP contribution in [0.2, 0.25) is 0 Å². The Balaban J connectivity index is 1.05. The Bertz CT molecular complexity index is 1630. The number of hydrogen-bond acceptors (Lipinski definition) is 8. The van der Waals surface area contributed by atoms with Crippen LogP contribution in [0.5, 0.6) is 0 Å². The van der Waals surface area contributed by atoms with Gasteiger partial charge in [0.2, 0.25) is 0 Å². The SMILES string of the molecule is Cc1cc(C[C@@H](OC(=O)N2CCC(N3CCc4ccccc4NC3=O)CC2)C(=O)N2CCC(N3CCN(C(=O)OC(C)(C)C)CC3)CC2)cc(C)c1N. The molecule has 13 nitrogen and oxygen atoms in total. The van der Waals surface area contributed by atoms with Crippen LogP contribution in [0.15, 0.2) is 36.4 Å². The third kappa shape index (κ3) is 9.35. The van der Waals surface area contributed by atoms with E-state index in [4.69, 9.17) is 15.2 Å². The van der Waals surface area contributed by atoms with E-state index in [-0.39, 0.29) is 30.5 Å². The van der Waals surface area contributed by atoms with Gasteiger partial charge in [-0.25, -0.2) is 14.4 Å². The minimum absolute atomic E-state index is 0.00750. The number of hydrogen-bond donors (Lipinski definition) is 2. The van der Waals surface area contributed by atoms with Crippen LogP contribution in [-0.2, 0) is 27.1 Å². The van der Waals surface area contributed by atoms with E-state index in [1.165, 1.54) is 0 Å². The molecule has 2 aromatic rings. The maximum atomic E-state index is 14.2. The van der Waals surface area contributed by atoms with Crippen molar-refractivity contribution < 1.29 is 28.7 Å². The molecule has 3 saturated heterocycles. The molecule has 4 aliphatic rings. The number of para-hydroxylation sites is 1. The monoisotopic (exact) mass is 731 g/mol. The van der Waals surface area contributed by atoms with Gasteiger partial charge < -0.3 is 40.1 Å². The maximum absolute atomic E-state index is 14.2. The number of amides is 5. The number of fused-ring (bicyclic) bond motifs is 1. The highest BCUT2D eigenvalue weighted by Gasteiger charge is 2.37. The number of likely N-dealkylation sites (tertiary alicyclic amines) is 2. The van der Waals surface area contributed by atoms with Gasteiger partial charge in [0, 0.05) is 88.8 Å². The largest absolute Gasteiger partial charge is 0.444 e. The van der Waals surface area contributed by atoms with Crippen molar-refractivity contribution in [3.8, 4) is 0 Å². The molecule has 4 heterocycles. The highest BCUT2D eigenvalue weighted by Crippen LogP contribution is 2.27. The molecule has 3 fully saturated rings. The predicted octanol–water partition coefficient (Wildman–Crippen LogP) is 5.03. The number of nitrogens with one attached hydrogen (secondary N) is 1. The summed E-state index contributed by atoms with van der Waals surface area (Å²) >= 11 is 0. The molecule has 5 amide bonds. The average molecular weight is 732 g/mol. The molecule has 0 aliphatic carbocycles. The van der Waals surface area contributed by atoms with E-state index >= 15 is 0 Å². The van der Waals surface area contributed by atoms with Gasteiger partial charge >= 0.3 is 18.2 Å². The molecule has 4 aliphatic heterocycles. The van der Waals surface area contributed by atoms with E-state index in [1.54, 1.807) is 9.80 Å². The summed E-state index contributed by atoms with van der Waals surface area (Å²) < 4.78 is 11.7. The van der Waals surface area contributed by atoms with Crippen LogP contribution in [0.25, 0.3) is 0 Å². The van der Waals surface area contributed by atoms with Crippen LogP contribution in [0, 0.1) is 13.8 Å². The van der Waals surface area contributed by atoms with Crippen molar-refractivity contribution in [1.29, 1.82) is 0 Å². The van der Waals surface area contributed by atoms with Crippen LogP contribution >= 0.6 is 0 Å². The zero-order valence-electron chi connectivity index (χ0n) is 32.1. The summed E-state index contributed by atoms with van der Waals surface area (Å²) in [5, 5.41) is 3.05. The van der Waals surface area contributed by atoms with E-state index in [2.05, 4.69) is 10.2 Å². The predicted molar refractivity (Wildman–Crippen MR) is 204 cm³/mol. The Morgan fingerprint density at radius 3 is 2.04 bits per heavy atom. The minimum atomic E-state index is -0.980. The fraction of sp³-hybridized carbons (Fsp3) is 0.600. The van der Waals surface area contributed by atoms with Crippen molar-refractivity contribution in [3.63, 3.8) is 0 Å². The lowest BCUT2D eigenvalue weighted by atomic mass is 9.98. The normalized spacial score (nSPS) is 20.0. The van der Waals surface area contributed by atoms with Gasteiger partial charge in [-0.05, 0) is 95.0 Å². The summed E-state index contributed by atoms with van der Waals surface area (Å²) in [6.07, 6.45) is 2.15. The van der Waals surface area contributed by atoms with E-state index in [9.17, 15) is 19.2 Å². The van der Waals surface area contributed by atoms with Gasteiger partial charge in [-0.15, -0.1) is 0 Å². The lowest BCUT2D eigenvalue weighted by Gasteiger charge is -2.43. The number of ether oxygens (including phenoxy) is 2. The first-order valence-electron chi connectivity index (χ1n) is 19.2. The Hall–Kier alpha value is -4.52. The lowest BCUT2D eigenvalue weighted by molar-refractivity contribution is -0.142. The van der Waals surface area contributed by atoms with Crippen LogP contribution in [0.4, 0.5) is 25.8 Å². The Kier molecular flexibility index (Phi) is 11.7. The molecule has 0 unspecified atom stereocenters. The molecule has 0 spiro atoms. The fourth-order valence-corrected chi connectivity index (χ4v) is 8.12. The summed E-state index contributed by atoms with van der Waals surface area (Å²) in [6.45, 7) is 14.9. The molecule has 13 heteroatoms. The molecular formula is C40H57N7O6. The number of piperidine rings is 2. The molecule has 0 saturated carbocycles. The first-order valence-corrected chi connectivity index (χ1v) is 19.2. The number of nitrogens with zero attached hydrogens (tertiary/aromatic N) is 5. The molecule has 2 aromatic carbocycles. The average Bonchev–Trinajstić information content (AvgIpc) is 3.30. The van der Waals surface area contributed by atoms with Crippen molar-refractivity contribution in [2.45, 2.75) is 96.9 Å². The van der Waals surface area contributed by atoms with Gasteiger partial charge in [-0.3, -0.25) is 9.69 Å². The molecular weight excluding hydrogens is 674 g/mol. The second-order valence-electron chi connectivity index (χ2n) is 16.0. The standard InChI is InChI=1S/C40H57N7O6/c1-27-24-29(25-28(2)35(27)41)26-34(36(48)44-15-11-31(12-16-44)43-20-22-46(23-21-43)39(51)53-40(3,4)5)52-38(50)45-17-13-32(14-18-45)47-19-10-30-8-6-7-9-33(30)42-37(47)49/h6-9,24-25,31-32,34H,10-23,26,41H2,1-5H3,(H,42,49)/t34-/m1/s1. The van der Waals surface area contributed by atoms with E-state index in [0.29, 0.717) is 70.4 Å². The Morgan fingerprint density at radius 2 is 1.40 bits per heavy atom. The first kappa shape index (κ1) is 38.2. The molecule has 0 bridgehead atoms. The second kappa shape index (κ2) is 16.2. The van der Waals surface area contributed by atoms with E-state index in [1.807, 2.05) is 80.8 Å². The summed E-state index contributed by atoms with van der Waals surface area (Å²) in [7, 11) is 0. The summed E-state index contributed by atoms with van der Waals surface area (Å²) in [6, 6.07) is 12.0. The lowest BCUT2D eigenvalue weighted by Crippen LogP contribution is -2.56. The number of benzene rings is 2. The molecule has 3 N–H and O–H groups in total. The topological polar surface area (TPSA) is 141 Å². The van der Waals surface area contributed by atoms with Gasteiger partial charge in [-0.1, -0.05) is 30.3 Å². The van der Waals surface area contributed by atoms with Gasteiger partial charge in [0.1, 0.15) is 5.60 Å². The van der Waals surface area contributed by atoms with Crippen molar-refractivity contribution in [1.82, 2.24) is 24.5 Å². The van der Waals surface area contributed by atoms with Crippen LogP contribution in [-0.4, -0.2) is 131 Å². The highest BCUT2D eigenvalue weighted by atomic mass is 16.6. The maximum Gasteiger partial charge on any atom is 0.410 e. The molecule has 6 rings (SSSR count). The van der Waals surface area contributed by atoms with Gasteiger partial charge in [-0.2, -0.15) is 0 Å². The molecule has 0 radical (unpaired) electrons. The molecule has 288 valence electrons. The van der Waals surface area contributed by atoms with Gasteiger partial charge in [0.05, 0.1) is 0 Å². The quantitative estimate of drug-likeness (QED) is 0.395. The smallest absolute Gasteiger partial charge is 0.410 e. The number of nitrogens with two attached hydrogens (primary N) is 1. The zero-order chi connectivity index (χ0) is 37.9. The van der Waals surface area contributed by atoms with Crippen molar-refractivity contribution in [2.75, 3.05) is 70.0 Å². The number of carbonyl (C=O) groups excluding carboxylic acids is 4. The Labute approximate surface area is 313 Å². The highest BCUT2D eigenvalue weighted by molar-refractivity contribution is 5.91. The molecule has 0 aromatic heterocycles. The van der Waals surface area contributed by atoms with Crippen molar-refractivity contribution in [3.05, 3.63) is 58.7 Å². The van der Waals surface area contributed by atoms with Crippen LogP contribution < -0.4 is 11.1 Å². The summed E-state index contributed by atoms with van der Waals surface area (Å²) in [5.74, 6) is -0.186. The minimum Gasteiger partial charge on any atom is -0.444 e. The number of rotatable bonds is 6. The number of carbonyl (C=O) groups is 4. The van der Waals surface area contributed by atoms with E-state index in [0.717, 1.165) is 60.3 Å². The third-order valence-corrected chi connectivity index (χ3v) is 11.2.